The summed E-state index contributed by atoms with van der Waals surface area (Å²) in [7, 11) is 0. The maximum atomic E-state index is 12.7. The van der Waals surface area contributed by atoms with Crippen LogP contribution >= 0.6 is 0 Å². The number of nitrogen functional groups attached to an aromatic ring is 1. The van der Waals surface area contributed by atoms with Crippen molar-refractivity contribution in [2.24, 2.45) is 0 Å². The van der Waals surface area contributed by atoms with Crippen molar-refractivity contribution in [3.05, 3.63) is 48.0 Å². The summed E-state index contributed by atoms with van der Waals surface area (Å²) < 4.78 is 11.4. The Balaban J connectivity index is 1.82. The number of amides is 1. The number of anilines is 2. The smallest absolute Gasteiger partial charge is 0.268 e. The molecule has 0 bridgehead atoms. The maximum Gasteiger partial charge on any atom is 0.268 e. The van der Waals surface area contributed by atoms with Crippen molar-refractivity contribution < 1.29 is 14.3 Å². The number of nitrogens with two attached hydrogens (primary N) is 1. The molecule has 1 heterocycles. The lowest BCUT2D eigenvalue weighted by Crippen LogP contribution is -2.46. The molecule has 1 aliphatic heterocycles. The summed E-state index contributed by atoms with van der Waals surface area (Å²) in [5, 5.41) is 0. The van der Waals surface area contributed by atoms with Crippen LogP contribution in [0, 0.1) is 0 Å². The molecule has 1 atom stereocenters. The molecule has 0 aliphatic carbocycles. The van der Waals surface area contributed by atoms with Crippen LogP contribution in [0.25, 0.3) is 0 Å². The van der Waals surface area contributed by atoms with Gasteiger partial charge in [0, 0.05) is 24.7 Å². The van der Waals surface area contributed by atoms with E-state index in [9.17, 15) is 4.79 Å². The number of carbonyl (C=O) groups is 1. The number of likely N-dealkylation sites (N-methyl/N-ethyl adjacent to an activating group) is 1. The van der Waals surface area contributed by atoms with Gasteiger partial charge in [0.1, 0.15) is 11.5 Å². The van der Waals surface area contributed by atoms with Gasteiger partial charge in [0.05, 0.1) is 12.3 Å². The van der Waals surface area contributed by atoms with E-state index in [0.717, 1.165) is 17.0 Å². The standard InChI is InChI=1S/C19H22N2O3/c1-3-21-16-10-7-14(20)12-17(16)24-18(19(21)22)11-13-5-8-15(9-6-13)23-4-2/h5-10,12,18H,3-4,11,20H2,1-2H3. The number of nitrogens with zero attached hydrogens (tertiary/aromatic N) is 1. The van der Waals surface area contributed by atoms with Crippen LogP contribution in [0.4, 0.5) is 11.4 Å². The molecule has 126 valence electrons. The van der Waals surface area contributed by atoms with Crippen LogP contribution in [0.2, 0.25) is 0 Å². The Kier molecular flexibility index (Phi) is 4.60. The van der Waals surface area contributed by atoms with Crippen LogP contribution in [0.1, 0.15) is 19.4 Å². The largest absolute Gasteiger partial charge is 0.494 e. The highest BCUT2D eigenvalue weighted by molar-refractivity contribution is 6.00. The third-order valence-electron chi connectivity index (χ3n) is 4.06. The van der Waals surface area contributed by atoms with Crippen LogP contribution in [0.5, 0.6) is 11.5 Å². The van der Waals surface area contributed by atoms with Crippen LogP contribution in [-0.4, -0.2) is 25.2 Å². The van der Waals surface area contributed by atoms with Gasteiger partial charge >= 0.3 is 0 Å². The van der Waals surface area contributed by atoms with E-state index < -0.39 is 6.10 Å². The Labute approximate surface area is 142 Å². The SMILES string of the molecule is CCOc1ccc(CC2Oc3cc(N)ccc3N(CC)C2=O)cc1. The molecule has 0 radical (unpaired) electrons. The third-order valence-corrected chi connectivity index (χ3v) is 4.06. The summed E-state index contributed by atoms with van der Waals surface area (Å²) in [4.78, 5) is 14.5. The normalized spacial score (nSPS) is 16.5. The van der Waals surface area contributed by atoms with Gasteiger partial charge < -0.3 is 20.1 Å². The van der Waals surface area contributed by atoms with E-state index in [4.69, 9.17) is 15.2 Å². The maximum absolute atomic E-state index is 12.7. The van der Waals surface area contributed by atoms with E-state index >= 15 is 0 Å². The predicted molar refractivity (Wildman–Crippen MR) is 94.6 cm³/mol. The van der Waals surface area contributed by atoms with Crippen molar-refractivity contribution in [1.29, 1.82) is 0 Å². The van der Waals surface area contributed by atoms with Gasteiger partial charge in [-0.15, -0.1) is 0 Å². The molecule has 1 aliphatic rings. The second kappa shape index (κ2) is 6.83. The molecule has 2 aromatic rings. The first kappa shape index (κ1) is 16.2. The van der Waals surface area contributed by atoms with E-state index in [-0.39, 0.29) is 5.91 Å². The highest BCUT2D eigenvalue weighted by Gasteiger charge is 2.33. The first-order chi connectivity index (χ1) is 11.6. The van der Waals surface area contributed by atoms with Crippen LogP contribution in [0.3, 0.4) is 0 Å². The Bertz CT molecular complexity index is 728. The number of rotatable bonds is 5. The van der Waals surface area contributed by atoms with E-state index in [1.807, 2.05) is 44.2 Å². The van der Waals surface area contributed by atoms with Crippen molar-refractivity contribution >= 4 is 17.3 Å². The third kappa shape index (κ3) is 3.15. The number of hydrogen-bond donors (Lipinski definition) is 1. The molecular weight excluding hydrogens is 304 g/mol. The number of carbonyl (C=O) groups excluding carboxylic acids is 1. The molecule has 0 fully saturated rings. The number of benzene rings is 2. The van der Waals surface area contributed by atoms with Gasteiger partial charge in [-0.1, -0.05) is 12.1 Å². The molecule has 24 heavy (non-hydrogen) atoms. The summed E-state index contributed by atoms with van der Waals surface area (Å²) in [5.74, 6) is 1.46. The monoisotopic (exact) mass is 326 g/mol. The summed E-state index contributed by atoms with van der Waals surface area (Å²) in [5.41, 5.74) is 8.28. The summed E-state index contributed by atoms with van der Waals surface area (Å²) in [6, 6.07) is 13.1. The summed E-state index contributed by atoms with van der Waals surface area (Å²) >= 11 is 0. The van der Waals surface area contributed by atoms with Gasteiger partial charge in [0.15, 0.2) is 6.10 Å². The van der Waals surface area contributed by atoms with E-state index in [1.54, 1.807) is 17.0 Å². The lowest BCUT2D eigenvalue weighted by atomic mass is 10.0. The second-order valence-electron chi connectivity index (χ2n) is 5.70. The molecule has 2 N–H and O–H groups in total. The number of fused-ring (bicyclic) bond motifs is 1. The van der Waals surface area contributed by atoms with E-state index in [2.05, 4.69) is 0 Å². The van der Waals surface area contributed by atoms with Crippen molar-refractivity contribution in [3.8, 4) is 11.5 Å². The van der Waals surface area contributed by atoms with Gasteiger partial charge in [-0.05, 0) is 43.7 Å². The first-order valence-electron chi connectivity index (χ1n) is 8.21. The Morgan fingerprint density at radius 3 is 2.58 bits per heavy atom. The molecule has 1 amide bonds. The van der Waals surface area contributed by atoms with Crippen LogP contribution in [0.15, 0.2) is 42.5 Å². The van der Waals surface area contributed by atoms with E-state index in [1.165, 1.54) is 0 Å². The van der Waals surface area contributed by atoms with Crippen LogP contribution < -0.4 is 20.1 Å². The fourth-order valence-corrected chi connectivity index (χ4v) is 2.90. The lowest BCUT2D eigenvalue weighted by molar-refractivity contribution is -0.126. The highest BCUT2D eigenvalue weighted by Crippen LogP contribution is 2.36. The van der Waals surface area contributed by atoms with Gasteiger partial charge in [0.2, 0.25) is 0 Å². The molecule has 5 heteroatoms. The zero-order valence-electron chi connectivity index (χ0n) is 14.0. The molecule has 0 spiro atoms. The minimum absolute atomic E-state index is 0.0244. The topological polar surface area (TPSA) is 64.8 Å². The Hall–Kier alpha value is -2.69. The fourth-order valence-electron chi connectivity index (χ4n) is 2.90. The number of hydrogen-bond acceptors (Lipinski definition) is 4. The van der Waals surface area contributed by atoms with Gasteiger partial charge in [-0.25, -0.2) is 0 Å². The molecule has 0 aromatic heterocycles. The Morgan fingerprint density at radius 1 is 1.17 bits per heavy atom. The van der Waals surface area contributed by atoms with Gasteiger partial charge in [0.25, 0.3) is 5.91 Å². The van der Waals surface area contributed by atoms with Crippen LogP contribution in [-0.2, 0) is 11.2 Å². The molecule has 0 saturated carbocycles. The zero-order chi connectivity index (χ0) is 17.1. The molecular formula is C19H22N2O3. The number of ether oxygens (including phenoxy) is 2. The summed E-state index contributed by atoms with van der Waals surface area (Å²) in [6.45, 7) is 5.13. The molecule has 1 unspecified atom stereocenters. The van der Waals surface area contributed by atoms with Gasteiger partial charge in [-0.3, -0.25) is 4.79 Å². The average Bonchev–Trinajstić information content (AvgIpc) is 2.58. The van der Waals surface area contributed by atoms with E-state index in [0.29, 0.717) is 31.0 Å². The molecule has 3 rings (SSSR count). The zero-order valence-corrected chi connectivity index (χ0v) is 14.0. The minimum atomic E-state index is -0.544. The Morgan fingerprint density at radius 2 is 1.92 bits per heavy atom. The minimum Gasteiger partial charge on any atom is -0.494 e. The van der Waals surface area contributed by atoms with Crippen molar-refractivity contribution in [2.45, 2.75) is 26.4 Å². The summed E-state index contributed by atoms with van der Waals surface area (Å²) in [6.07, 6.45) is -0.0344. The predicted octanol–water partition coefficient (Wildman–Crippen LogP) is 3.02. The first-order valence-corrected chi connectivity index (χ1v) is 8.21. The molecule has 5 nitrogen and oxygen atoms in total. The fraction of sp³-hybridized carbons (Fsp3) is 0.316. The quantitative estimate of drug-likeness (QED) is 0.858. The van der Waals surface area contributed by atoms with Crippen molar-refractivity contribution in [3.63, 3.8) is 0 Å². The van der Waals surface area contributed by atoms with Crippen molar-refractivity contribution in [2.75, 3.05) is 23.8 Å². The molecule has 2 aromatic carbocycles. The average molecular weight is 326 g/mol. The van der Waals surface area contributed by atoms with Gasteiger partial charge in [-0.2, -0.15) is 0 Å². The highest BCUT2D eigenvalue weighted by atomic mass is 16.5. The van der Waals surface area contributed by atoms with Crippen molar-refractivity contribution in [1.82, 2.24) is 0 Å². The second-order valence-corrected chi connectivity index (χ2v) is 5.70. The lowest BCUT2D eigenvalue weighted by Gasteiger charge is -2.34. The molecule has 0 saturated heterocycles.